The van der Waals surface area contributed by atoms with Crippen LogP contribution in [0.5, 0.6) is 0 Å². The number of aliphatic hydroxyl groups excluding tert-OH is 1. The molecule has 2 amide bonds. The number of carbonyl (C=O) groups is 1. The fourth-order valence-corrected chi connectivity index (χ4v) is 1.71. The maximum Gasteiger partial charge on any atom is 0.327 e. The normalized spacial score (nSPS) is 31.4. The summed E-state index contributed by atoms with van der Waals surface area (Å²) in [6.07, 6.45) is 0.989. The van der Waals surface area contributed by atoms with E-state index < -0.39 is 0 Å². The molecule has 2 atom stereocenters. The molecule has 0 aromatic carbocycles. The van der Waals surface area contributed by atoms with Crippen LogP contribution in [0.1, 0.15) is 12.8 Å². The van der Waals surface area contributed by atoms with Gasteiger partial charge < -0.3 is 15.6 Å². The Hall–Kier alpha value is -1.34. The Kier molecular flexibility index (Phi) is 2.74. The molecule has 1 fully saturated rings. The molecule has 0 aliphatic carbocycles. The molecule has 2 unspecified atom stereocenters. The molecule has 84 valence electrons. The van der Waals surface area contributed by atoms with E-state index in [0.29, 0.717) is 6.42 Å². The molecule has 1 saturated heterocycles. The van der Waals surface area contributed by atoms with Crippen molar-refractivity contribution in [1.82, 2.24) is 10.2 Å². The lowest BCUT2D eigenvalue weighted by atomic mass is 10.2. The smallest absolute Gasteiger partial charge is 0.327 e. The van der Waals surface area contributed by atoms with E-state index in [2.05, 4.69) is 10.3 Å². The van der Waals surface area contributed by atoms with Crippen molar-refractivity contribution in [2.75, 3.05) is 13.3 Å². The molecule has 7 nitrogen and oxygen atoms in total. The van der Waals surface area contributed by atoms with Gasteiger partial charge in [0.25, 0.3) is 0 Å². The molecule has 2 rings (SSSR count). The Balaban J connectivity index is 1.97. The molecule has 0 spiro atoms. The SMILES string of the molecule is NC1=NCN(C2CCC(CO)O2)C(=O)N1. The van der Waals surface area contributed by atoms with Crippen molar-refractivity contribution in [3.05, 3.63) is 0 Å². The predicted molar refractivity (Wildman–Crippen MR) is 51.8 cm³/mol. The number of carbonyl (C=O) groups excluding carboxylic acids is 1. The maximum atomic E-state index is 11.5. The first-order valence-electron chi connectivity index (χ1n) is 4.84. The number of ether oxygens (including phenoxy) is 1. The molecule has 2 heterocycles. The van der Waals surface area contributed by atoms with E-state index in [4.69, 9.17) is 15.6 Å². The molecule has 4 N–H and O–H groups in total. The Bertz CT molecular complexity index is 294. The molecule has 0 radical (unpaired) electrons. The van der Waals surface area contributed by atoms with Crippen LogP contribution in [-0.4, -0.2) is 47.6 Å². The van der Waals surface area contributed by atoms with Crippen molar-refractivity contribution < 1.29 is 14.6 Å². The van der Waals surface area contributed by atoms with Gasteiger partial charge in [-0.05, 0) is 12.8 Å². The number of nitrogens with zero attached hydrogens (tertiary/aromatic N) is 2. The second kappa shape index (κ2) is 4.03. The predicted octanol–water partition coefficient (Wildman–Crippen LogP) is -1.22. The molecule has 0 aromatic rings. The average Bonchev–Trinajstić information content (AvgIpc) is 2.66. The molecule has 2 aliphatic rings. The number of guanidine groups is 1. The number of hydrogen-bond acceptors (Lipinski definition) is 5. The number of aliphatic hydroxyl groups is 1. The number of aliphatic imine (C=N–C) groups is 1. The van der Waals surface area contributed by atoms with Crippen molar-refractivity contribution in [3.8, 4) is 0 Å². The molecular weight excluding hydrogens is 200 g/mol. The van der Waals surface area contributed by atoms with E-state index in [1.54, 1.807) is 0 Å². The van der Waals surface area contributed by atoms with Crippen LogP contribution in [0.3, 0.4) is 0 Å². The van der Waals surface area contributed by atoms with Crippen LogP contribution in [0.25, 0.3) is 0 Å². The molecule has 0 saturated carbocycles. The van der Waals surface area contributed by atoms with E-state index in [1.807, 2.05) is 0 Å². The monoisotopic (exact) mass is 214 g/mol. The highest BCUT2D eigenvalue weighted by Gasteiger charge is 2.33. The zero-order valence-corrected chi connectivity index (χ0v) is 8.22. The number of nitrogens with two attached hydrogens (primary N) is 1. The quantitative estimate of drug-likeness (QED) is 0.536. The van der Waals surface area contributed by atoms with Gasteiger partial charge in [0.15, 0.2) is 5.96 Å². The Morgan fingerprint density at radius 1 is 1.67 bits per heavy atom. The number of nitrogens with one attached hydrogen (secondary N) is 1. The van der Waals surface area contributed by atoms with Gasteiger partial charge in [-0.25, -0.2) is 9.79 Å². The van der Waals surface area contributed by atoms with E-state index >= 15 is 0 Å². The summed E-state index contributed by atoms with van der Waals surface area (Å²) in [5.41, 5.74) is 5.35. The number of amides is 2. The largest absolute Gasteiger partial charge is 0.394 e. The van der Waals surface area contributed by atoms with Crippen LogP contribution in [0.4, 0.5) is 4.79 Å². The third-order valence-electron chi connectivity index (χ3n) is 2.53. The molecular formula is C8H14N4O3. The van der Waals surface area contributed by atoms with Gasteiger partial charge in [-0.15, -0.1) is 0 Å². The molecule has 0 aromatic heterocycles. The Morgan fingerprint density at radius 2 is 2.47 bits per heavy atom. The van der Waals surface area contributed by atoms with Crippen molar-refractivity contribution in [2.24, 2.45) is 10.7 Å². The summed E-state index contributed by atoms with van der Waals surface area (Å²) in [7, 11) is 0. The lowest BCUT2D eigenvalue weighted by Gasteiger charge is -2.29. The van der Waals surface area contributed by atoms with Crippen molar-refractivity contribution in [2.45, 2.75) is 25.2 Å². The zero-order valence-electron chi connectivity index (χ0n) is 8.22. The lowest BCUT2D eigenvalue weighted by Crippen LogP contribution is -2.54. The molecule has 15 heavy (non-hydrogen) atoms. The van der Waals surface area contributed by atoms with Gasteiger partial charge in [0.1, 0.15) is 12.9 Å². The first-order chi connectivity index (χ1) is 7.20. The number of hydrogen-bond donors (Lipinski definition) is 3. The van der Waals surface area contributed by atoms with Crippen LogP contribution in [0.2, 0.25) is 0 Å². The summed E-state index contributed by atoms with van der Waals surface area (Å²) in [6, 6.07) is -0.300. The summed E-state index contributed by atoms with van der Waals surface area (Å²) in [4.78, 5) is 16.9. The van der Waals surface area contributed by atoms with Gasteiger partial charge in [-0.3, -0.25) is 10.2 Å². The van der Waals surface area contributed by atoms with E-state index in [9.17, 15) is 4.79 Å². The van der Waals surface area contributed by atoms with Crippen LogP contribution in [0.15, 0.2) is 4.99 Å². The van der Waals surface area contributed by atoms with Crippen molar-refractivity contribution in [1.29, 1.82) is 0 Å². The summed E-state index contributed by atoms with van der Waals surface area (Å²) in [5, 5.41) is 11.3. The van der Waals surface area contributed by atoms with Crippen molar-refractivity contribution >= 4 is 12.0 Å². The Morgan fingerprint density at radius 3 is 3.07 bits per heavy atom. The summed E-state index contributed by atoms with van der Waals surface area (Å²) in [6.45, 7) is 0.192. The third-order valence-corrected chi connectivity index (χ3v) is 2.53. The minimum atomic E-state index is -0.306. The van der Waals surface area contributed by atoms with Crippen LogP contribution in [0, 0.1) is 0 Å². The van der Waals surface area contributed by atoms with Crippen LogP contribution < -0.4 is 11.1 Å². The van der Waals surface area contributed by atoms with Gasteiger partial charge in [0, 0.05) is 0 Å². The fourth-order valence-electron chi connectivity index (χ4n) is 1.71. The average molecular weight is 214 g/mol. The summed E-state index contributed by atoms with van der Waals surface area (Å²) in [5.74, 6) is 0.132. The van der Waals surface area contributed by atoms with Gasteiger partial charge in [0.2, 0.25) is 0 Å². The lowest BCUT2D eigenvalue weighted by molar-refractivity contribution is -0.0499. The second-order valence-corrected chi connectivity index (χ2v) is 3.56. The topological polar surface area (TPSA) is 100 Å². The highest BCUT2D eigenvalue weighted by molar-refractivity contribution is 5.96. The fraction of sp³-hybridized carbons (Fsp3) is 0.750. The van der Waals surface area contributed by atoms with Crippen LogP contribution >= 0.6 is 0 Å². The highest BCUT2D eigenvalue weighted by atomic mass is 16.5. The minimum absolute atomic E-state index is 0.0165. The molecule has 7 heteroatoms. The Labute approximate surface area is 86.9 Å². The van der Waals surface area contributed by atoms with E-state index in [0.717, 1.165) is 6.42 Å². The molecule has 0 bridgehead atoms. The number of urea groups is 1. The standard InChI is InChI=1S/C8H14N4O3/c9-7-10-4-12(8(14)11-7)6-2-1-5(3-13)15-6/h5-6,13H,1-4H2,(H3,9,10,11,14). The third kappa shape index (κ3) is 2.02. The summed E-state index contributed by atoms with van der Waals surface area (Å²) < 4.78 is 5.46. The highest BCUT2D eigenvalue weighted by Crippen LogP contribution is 2.22. The van der Waals surface area contributed by atoms with Gasteiger partial charge in [-0.2, -0.15) is 0 Å². The zero-order chi connectivity index (χ0) is 10.8. The van der Waals surface area contributed by atoms with Gasteiger partial charge >= 0.3 is 6.03 Å². The first-order valence-corrected chi connectivity index (χ1v) is 4.84. The van der Waals surface area contributed by atoms with Crippen molar-refractivity contribution in [3.63, 3.8) is 0 Å². The van der Waals surface area contributed by atoms with Gasteiger partial charge in [0.05, 0.1) is 12.7 Å². The minimum Gasteiger partial charge on any atom is -0.394 e. The number of rotatable bonds is 2. The second-order valence-electron chi connectivity index (χ2n) is 3.56. The van der Waals surface area contributed by atoms with Gasteiger partial charge in [-0.1, -0.05) is 0 Å². The summed E-state index contributed by atoms with van der Waals surface area (Å²) >= 11 is 0. The van der Waals surface area contributed by atoms with E-state index in [-0.39, 0.29) is 37.6 Å². The first kappa shape index (κ1) is 10.2. The van der Waals surface area contributed by atoms with E-state index in [1.165, 1.54) is 4.90 Å². The van der Waals surface area contributed by atoms with Crippen LogP contribution in [-0.2, 0) is 4.74 Å². The maximum absolute atomic E-state index is 11.5. The molecule has 2 aliphatic heterocycles.